The lowest BCUT2D eigenvalue weighted by Gasteiger charge is -2.22. The molecule has 1 unspecified atom stereocenters. The third-order valence-electron chi connectivity index (χ3n) is 2.21. The smallest absolute Gasteiger partial charge is 0.289 e. The molecule has 1 rings (SSSR count). The lowest BCUT2D eigenvalue weighted by atomic mass is 10.0. The molecule has 0 radical (unpaired) electrons. The zero-order chi connectivity index (χ0) is 11.5. The van der Waals surface area contributed by atoms with Crippen LogP contribution in [0.1, 0.15) is 17.2 Å². The zero-order valence-corrected chi connectivity index (χ0v) is 8.80. The average Bonchev–Trinajstić information content (AvgIpc) is 2.18. The fourth-order valence-electron chi connectivity index (χ4n) is 1.32. The summed E-state index contributed by atoms with van der Waals surface area (Å²) in [5, 5.41) is 11.8. The average molecular weight is 215 g/mol. The van der Waals surface area contributed by atoms with Gasteiger partial charge >= 0.3 is 0 Å². The van der Waals surface area contributed by atoms with Crippen LogP contribution >= 0.6 is 0 Å². The van der Waals surface area contributed by atoms with E-state index in [-0.39, 0.29) is 5.56 Å². The standard InChI is InChI=1S/C11H15F2NO/c1-8-3-5-9(6-4-8)10(15)11(12,13)7-14-2/h3-6,10,14-15H,7H2,1-2H3. The maximum Gasteiger partial charge on any atom is 0.289 e. The Hall–Kier alpha value is -1.00. The van der Waals surface area contributed by atoms with Gasteiger partial charge in [-0.25, -0.2) is 8.78 Å². The maximum absolute atomic E-state index is 13.3. The number of aryl methyl sites for hydroxylation is 1. The Balaban J connectivity index is 2.84. The quantitative estimate of drug-likeness (QED) is 0.803. The molecule has 1 atom stereocenters. The predicted molar refractivity (Wildman–Crippen MR) is 55.0 cm³/mol. The van der Waals surface area contributed by atoms with Gasteiger partial charge in [-0.3, -0.25) is 0 Å². The molecule has 2 N–H and O–H groups in total. The molecule has 0 saturated heterocycles. The first-order valence-electron chi connectivity index (χ1n) is 4.74. The van der Waals surface area contributed by atoms with Crippen molar-refractivity contribution in [2.45, 2.75) is 19.0 Å². The minimum absolute atomic E-state index is 0.237. The number of alkyl halides is 2. The Bertz CT molecular complexity index is 311. The fourth-order valence-corrected chi connectivity index (χ4v) is 1.32. The van der Waals surface area contributed by atoms with Crippen LogP contribution in [0.25, 0.3) is 0 Å². The molecule has 1 aromatic rings. The molecule has 0 saturated carbocycles. The Labute approximate surface area is 87.9 Å². The number of benzene rings is 1. The van der Waals surface area contributed by atoms with Crippen molar-refractivity contribution in [1.82, 2.24) is 5.32 Å². The highest BCUT2D eigenvalue weighted by Gasteiger charge is 2.38. The summed E-state index contributed by atoms with van der Waals surface area (Å²) in [6.07, 6.45) is -1.76. The number of hydrogen-bond donors (Lipinski definition) is 2. The molecular weight excluding hydrogens is 200 g/mol. The van der Waals surface area contributed by atoms with Gasteiger partial charge in [0.2, 0.25) is 0 Å². The van der Waals surface area contributed by atoms with Crippen molar-refractivity contribution in [2.24, 2.45) is 0 Å². The number of rotatable bonds is 4. The van der Waals surface area contributed by atoms with E-state index in [1.165, 1.54) is 19.2 Å². The van der Waals surface area contributed by atoms with Crippen molar-refractivity contribution in [3.63, 3.8) is 0 Å². The number of aliphatic hydroxyl groups excluding tert-OH is 1. The van der Waals surface area contributed by atoms with Gasteiger partial charge < -0.3 is 10.4 Å². The molecule has 0 aromatic heterocycles. The molecule has 0 amide bonds. The summed E-state index contributed by atoms with van der Waals surface area (Å²) in [5.41, 5.74) is 1.21. The van der Waals surface area contributed by atoms with E-state index in [0.29, 0.717) is 0 Å². The van der Waals surface area contributed by atoms with Crippen LogP contribution in [0.2, 0.25) is 0 Å². The van der Waals surface area contributed by atoms with E-state index in [1.54, 1.807) is 12.1 Å². The number of nitrogens with one attached hydrogen (secondary N) is 1. The third-order valence-corrected chi connectivity index (χ3v) is 2.21. The predicted octanol–water partition coefficient (Wildman–Crippen LogP) is 1.88. The van der Waals surface area contributed by atoms with Gasteiger partial charge in [0.1, 0.15) is 6.10 Å². The van der Waals surface area contributed by atoms with Gasteiger partial charge in [-0.05, 0) is 19.5 Å². The molecule has 0 aliphatic heterocycles. The van der Waals surface area contributed by atoms with Crippen LogP contribution in [0.5, 0.6) is 0 Å². The van der Waals surface area contributed by atoms with Crippen LogP contribution in [-0.2, 0) is 0 Å². The number of halogens is 2. The van der Waals surface area contributed by atoms with Crippen LogP contribution in [0.15, 0.2) is 24.3 Å². The highest BCUT2D eigenvalue weighted by molar-refractivity contribution is 5.24. The van der Waals surface area contributed by atoms with Crippen molar-refractivity contribution < 1.29 is 13.9 Å². The Morgan fingerprint density at radius 1 is 1.33 bits per heavy atom. The van der Waals surface area contributed by atoms with Crippen LogP contribution < -0.4 is 5.32 Å². The SMILES string of the molecule is CNCC(F)(F)C(O)c1ccc(C)cc1. The molecule has 0 aliphatic carbocycles. The van der Waals surface area contributed by atoms with Gasteiger partial charge in [-0.15, -0.1) is 0 Å². The molecule has 0 fully saturated rings. The van der Waals surface area contributed by atoms with Gasteiger partial charge in [-0.2, -0.15) is 0 Å². The van der Waals surface area contributed by atoms with E-state index in [2.05, 4.69) is 5.32 Å². The molecule has 2 nitrogen and oxygen atoms in total. The van der Waals surface area contributed by atoms with Crippen LogP contribution in [0, 0.1) is 6.92 Å². The van der Waals surface area contributed by atoms with E-state index in [9.17, 15) is 13.9 Å². The summed E-state index contributed by atoms with van der Waals surface area (Å²) >= 11 is 0. The zero-order valence-electron chi connectivity index (χ0n) is 8.80. The highest BCUT2D eigenvalue weighted by atomic mass is 19.3. The lowest BCUT2D eigenvalue weighted by Crippen LogP contribution is -2.36. The fraction of sp³-hybridized carbons (Fsp3) is 0.455. The molecule has 15 heavy (non-hydrogen) atoms. The molecule has 0 aliphatic rings. The molecule has 0 spiro atoms. The summed E-state index contributed by atoms with van der Waals surface area (Å²) in [5.74, 6) is -3.15. The van der Waals surface area contributed by atoms with Gasteiger partial charge in [0, 0.05) is 0 Å². The molecule has 0 bridgehead atoms. The monoisotopic (exact) mass is 215 g/mol. The van der Waals surface area contributed by atoms with Crippen molar-refractivity contribution in [3.05, 3.63) is 35.4 Å². The van der Waals surface area contributed by atoms with Crippen molar-refractivity contribution in [1.29, 1.82) is 0 Å². The van der Waals surface area contributed by atoms with Gasteiger partial charge in [0.15, 0.2) is 0 Å². The second-order valence-corrected chi connectivity index (χ2v) is 3.60. The topological polar surface area (TPSA) is 32.3 Å². The van der Waals surface area contributed by atoms with Gasteiger partial charge in [-0.1, -0.05) is 29.8 Å². The summed E-state index contributed by atoms with van der Waals surface area (Å²) in [6, 6.07) is 6.44. The van der Waals surface area contributed by atoms with Gasteiger partial charge in [0.25, 0.3) is 5.92 Å². The lowest BCUT2D eigenvalue weighted by molar-refractivity contribution is -0.107. The number of aliphatic hydroxyl groups is 1. The minimum Gasteiger partial charge on any atom is -0.382 e. The second kappa shape index (κ2) is 4.68. The molecule has 4 heteroatoms. The minimum atomic E-state index is -3.15. The van der Waals surface area contributed by atoms with Crippen LogP contribution in [0.4, 0.5) is 8.78 Å². The Morgan fingerprint density at radius 2 is 1.87 bits per heavy atom. The summed E-state index contributed by atoms with van der Waals surface area (Å²) in [6.45, 7) is 1.32. The summed E-state index contributed by atoms with van der Waals surface area (Å²) in [7, 11) is 1.43. The highest BCUT2D eigenvalue weighted by Crippen LogP contribution is 2.30. The summed E-state index contributed by atoms with van der Waals surface area (Å²) < 4.78 is 26.6. The normalized spacial score (nSPS) is 13.9. The Kier molecular flexibility index (Phi) is 3.77. The Morgan fingerprint density at radius 3 is 2.33 bits per heavy atom. The molecular formula is C11H15F2NO. The van der Waals surface area contributed by atoms with Crippen LogP contribution in [0.3, 0.4) is 0 Å². The van der Waals surface area contributed by atoms with Crippen molar-refractivity contribution in [3.8, 4) is 0 Å². The second-order valence-electron chi connectivity index (χ2n) is 3.60. The first-order chi connectivity index (χ1) is 6.97. The van der Waals surface area contributed by atoms with Crippen molar-refractivity contribution >= 4 is 0 Å². The maximum atomic E-state index is 13.3. The largest absolute Gasteiger partial charge is 0.382 e. The molecule has 1 aromatic carbocycles. The first kappa shape index (κ1) is 12.1. The van der Waals surface area contributed by atoms with E-state index >= 15 is 0 Å². The van der Waals surface area contributed by atoms with Crippen molar-refractivity contribution in [2.75, 3.05) is 13.6 Å². The molecule has 0 heterocycles. The number of hydrogen-bond acceptors (Lipinski definition) is 2. The van der Waals surface area contributed by atoms with Gasteiger partial charge in [0.05, 0.1) is 6.54 Å². The van der Waals surface area contributed by atoms with Crippen LogP contribution in [-0.4, -0.2) is 24.6 Å². The van der Waals surface area contributed by atoms with E-state index in [1.807, 2.05) is 6.92 Å². The van der Waals surface area contributed by atoms with E-state index in [0.717, 1.165) is 5.56 Å². The molecule has 84 valence electrons. The summed E-state index contributed by atoms with van der Waals surface area (Å²) in [4.78, 5) is 0. The third kappa shape index (κ3) is 2.97. The first-order valence-corrected chi connectivity index (χ1v) is 4.74. The van der Waals surface area contributed by atoms with E-state index < -0.39 is 18.6 Å². The van der Waals surface area contributed by atoms with E-state index in [4.69, 9.17) is 0 Å².